The zero-order valence-corrected chi connectivity index (χ0v) is 9.43. The first kappa shape index (κ1) is 11.2. The number of aromatic nitrogens is 1. The number of nitrogens with one attached hydrogen (secondary N) is 1. The predicted octanol–water partition coefficient (Wildman–Crippen LogP) is 1.50. The van der Waals surface area contributed by atoms with Crippen molar-refractivity contribution in [3.8, 4) is 0 Å². The Labute approximate surface area is 98.6 Å². The van der Waals surface area contributed by atoms with Gasteiger partial charge in [-0.15, -0.1) is 0 Å². The van der Waals surface area contributed by atoms with Crippen molar-refractivity contribution in [1.29, 1.82) is 0 Å². The van der Waals surface area contributed by atoms with Crippen molar-refractivity contribution in [2.24, 2.45) is 0 Å². The highest BCUT2D eigenvalue weighted by Gasteiger charge is 2.09. The first-order chi connectivity index (χ1) is 8.15. The zero-order valence-electron chi connectivity index (χ0n) is 9.43. The Bertz CT molecular complexity index is 517. The second-order valence-corrected chi connectivity index (χ2v) is 3.74. The van der Waals surface area contributed by atoms with Crippen LogP contribution in [0.3, 0.4) is 0 Å². The first-order valence-electron chi connectivity index (χ1n) is 5.20. The number of nitrogen functional groups attached to an aromatic ring is 1. The Morgan fingerprint density at radius 1 is 1.41 bits per heavy atom. The molecule has 1 aromatic heterocycles. The molecule has 0 aliphatic rings. The predicted molar refractivity (Wildman–Crippen MR) is 63.3 cm³/mol. The fourth-order valence-electron chi connectivity index (χ4n) is 1.37. The third-order valence-corrected chi connectivity index (χ3v) is 2.33. The molecule has 0 radical (unpaired) electrons. The van der Waals surface area contributed by atoms with Gasteiger partial charge in [-0.25, -0.2) is 0 Å². The highest BCUT2D eigenvalue weighted by atomic mass is 16.4. The first-order valence-corrected chi connectivity index (χ1v) is 5.20. The number of benzene rings is 1. The summed E-state index contributed by atoms with van der Waals surface area (Å²) in [5, 5.41) is 2.73. The Balaban J connectivity index is 1.94. The number of rotatable bonds is 3. The average Bonchev–Trinajstić information content (AvgIpc) is 2.75. The van der Waals surface area contributed by atoms with Crippen LogP contribution in [0.4, 0.5) is 6.01 Å². The third kappa shape index (κ3) is 2.84. The van der Waals surface area contributed by atoms with Gasteiger partial charge in [0, 0.05) is 6.54 Å². The van der Waals surface area contributed by atoms with E-state index in [0.29, 0.717) is 6.54 Å². The number of hydrogen-bond acceptors (Lipinski definition) is 4. The fraction of sp³-hybridized carbons (Fsp3) is 0.167. The molecule has 0 saturated carbocycles. The maximum Gasteiger partial charge on any atom is 0.292 e. The summed E-state index contributed by atoms with van der Waals surface area (Å²) >= 11 is 0. The summed E-state index contributed by atoms with van der Waals surface area (Å²) in [6, 6.07) is 7.91. The van der Waals surface area contributed by atoms with Crippen molar-refractivity contribution >= 4 is 11.9 Å². The van der Waals surface area contributed by atoms with Gasteiger partial charge in [-0.2, -0.15) is 4.98 Å². The minimum atomic E-state index is -0.300. The number of nitrogens with zero attached hydrogens (tertiary/aromatic N) is 1. The molecule has 2 rings (SSSR count). The normalized spacial score (nSPS) is 10.2. The lowest BCUT2D eigenvalue weighted by molar-refractivity contribution is 0.0946. The van der Waals surface area contributed by atoms with Gasteiger partial charge in [0.1, 0.15) is 6.26 Å². The smallest absolute Gasteiger partial charge is 0.292 e. The van der Waals surface area contributed by atoms with Gasteiger partial charge in [-0.1, -0.05) is 29.8 Å². The van der Waals surface area contributed by atoms with E-state index in [1.807, 2.05) is 31.2 Å². The number of carbonyl (C=O) groups excluding carboxylic acids is 1. The van der Waals surface area contributed by atoms with Crippen LogP contribution in [-0.2, 0) is 6.54 Å². The molecule has 1 aromatic carbocycles. The molecule has 17 heavy (non-hydrogen) atoms. The van der Waals surface area contributed by atoms with E-state index < -0.39 is 0 Å². The van der Waals surface area contributed by atoms with Crippen molar-refractivity contribution < 1.29 is 9.21 Å². The molecule has 2 aromatic rings. The molecular formula is C12H13N3O2. The molecule has 1 amide bonds. The third-order valence-electron chi connectivity index (χ3n) is 2.33. The largest absolute Gasteiger partial charge is 0.431 e. The van der Waals surface area contributed by atoms with E-state index in [1.54, 1.807) is 0 Å². The van der Waals surface area contributed by atoms with E-state index in [2.05, 4.69) is 10.3 Å². The van der Waals surface area contributed by atoms with E-state index in [-0.39, 0.29) is 17.6 Å². The van der Waals surface area contributed by atoms with Gasteiger partial charge in [0.15, 0.2) is 5.69 Å². The summed E-state index contributed by atoms with van der Waals surface area (Å²) in [6.45, 7) is 2.46. The lowest BCUT2D eigenvalue weighted by atomic mass is 10.1. The van der Waals surface area contributed by atoms with Crippen LogP contribution in [-0.4, -0.2) is 10.9 Å². The van der Waals surface area contributed by atoms with Crippen LogP contribution in [0.2, 0.25) is 0 Å². The lowest BCUT2D eigenvalue weighted by Gasteiger charge is -2.03. The van der Waals surface area contributed by atoms with Gasteiger partial charge in [-0.3, -0.25) is 4.79 Å². The van der Waals surface area contributed by atoms with Gasteiger partial charge in [0.25, 0.3) is 11.9 Å². The van der Waals surface area contributed by atoms with Gasteiger partial charge in [0.05, 0.1) is 0 Å². The zero-order chi connectivity index (χ0) is 12.3. The van der Waals surface area contributed by atoms with E-state index in [9.17, 15) is 4.79 Å². The van der Waals surface area contributed by atoms with Crippen molar-refractivity contribution in [2.45, 2.75) is 13.5 Å². The average molecular weight is 231 g/mol. The molecule has 5 heteroatoms. The molecule has 1 heterocycles. The minimum absolute atomic E-state index is 0.00881. The number of oxazole rings is 1. The summed E-state index contributed by atoms with van der Waals surface area (Å²) in [4.78, 5) is 15.3. The summed E-state index contributed by atoms with van der Waals surface area (Å²) in [7, 11) is 0. The lowest BCUT2D eigenvalue weighted by Crippen LogP contribution is -2.23. The van der Waals surface area contributed by atoms with Gasteiger partial charge in [0.2, 0.25) is 0 Å². The Morgan fingerprint density at radius 2 is 2.12 bits per heavy atom. The van der Waals surface area contributed by atoms with Gasteiger partial charge >= 0.3 is 0 Å². The molecule has 0 fully saturated rings. The van der Waals surface area contributed by atoms with Crippen LogP contribution in [0.25, 0.3) is 0 Å². The fourth-order valence-corrected chi connectivity index (χ4v) is 1.37. The number of nitrogens with two attached hydrogens (primary N) is 1. The topological polar surface area (TPSA) is 81.2 Å². The van der Waals surface area contributed by atoms with Crippen molar-refractivity contribution in [1.82, 2.24) is 10.3 Å². The molecular weight excluding hydrogens is 218 g/mol. The van der Waals surface area contributed by atoms with E-state index in [1.165, 1.54) is 11.8 Å². The quantitative estimate of drug-likeness (QED) is 0.838. The molecule has 0 bridgehead atoms. The molecule has 0 saturated heterocycles. The summed E-state index contributed by atoms with van der Waals surface area (Å²) in [5.41, 5.74) is 7.68. The minimum Gasteiger partial charge on any atom is -0.431 e. The Morgan fingerprint density at radius 3 is 2.71 bits per heavy atom. The monoisotopic (exact) mass is 231 g/mol. The van der Waals surface area contributed by atoms with Crippen LogP contribution in [0.1, 0.15) is 21.6 Å². The Hall–Kier alpha value is -2.30. The summed E-state index contributed by atoms with van der Waals surface area (Å²) in [5.74, 6) is -0.300. The van der Waals surface area contributed by atoms with Crippen LogP contribution < -0.4 is 11.1 Å². The number of aryl methyl sites for hydroxylation is 1. The van der Waals surface area contributed by atoms with E-state index in [4.69, 9.17) is 10.2 Å². The van der Waals surface area contributed by atoms with Crippen LogP contribution in [0, 0.1) is 6.92 Å². The maximum atomic E-state index is 11.6. The van der Waals surface area contributed by atoms with Gasteiger partial charge in [-0.05, 0) is 12.5 Å². The highest BCUT2D eigenvalue weighted by molar-refractivity contribution is 5.92. The molecule has 5 nitrogen and oxygen atoms in total. The molecule has 0 unspecified atom stereocenters. The van der Waals surface area contributed by atoms with E-state index in [0.717, 1.165) is 5.56 Å². The number of anilines is 1. The standard InChI is InChI=1S/C12H13N3O2/c1-8-2-4-9(5-3-8)6-14-11(16)10-7-17-12(13)15-10/h2-5,7H,6H2,1H3,(H2,13,15)(H,14,16). The van der Waals surface area contributed by atoms with Crippen LogP contribution in [0.5, 0.6) is 0 Å². The molecule has 0 aliphatic heterocycles. The number of amides is 1. The van der Waals surface area contributed by atoms with Crippen molar-refractivity contribution in [3.63, 3.8) is 0 Å². The maximum absolute atomic E-state index is 11.6. The molecule has 0 aliphatic carbocycles. The second kappa shape index (κ2) is 4.69. The van der Waals surface area contributed by atoms with Crippen LogP contribution >= 0.6 is 0 Å². The molecule has 0 atom stereocenters. The summed E-state index contributed by atoms with van der Waals surface area (Å²) < 4.78 is 4.76. The molecule has 0 spiro atoms. The Kier molecular flexibility index (Phi) is 3.09. The van der Waals surface area contributed by atoms with Crippen molar-refractivity contribution in [3.05, 3.63) is 47.3 Å². The summed E-state index contributed by atoms with van der Waals surface area (Å²) in [6.07, 6.45) is 1.24. The van der Waals surface area contributed by atoms with Crippen molar-refractivity contribution in [2.75, 3.05) is 5.73 Å². The number of hydrogen-bond donors (Lipinski definition) is 2. The SMILES string of the molecule is Cc1ccc(CNC(=O)c2coc(N)n2)cc1. The second-order valence-electron chi connectivity index (χ2n) is 3.74. The van der Waals surface area contributed by atoms with Crippen LogP contribution in [0.15, 0.2) is 34.9 Å². The van der Waals surface area contributed by atoms with E-state index >= 15 is 0 Å². The molecule has 3 N–H and O–H groups in total. The van der Waals surface area contributed by atoms with Gasteiger partial charge < -0.3 is 15.5 Å². The highest BCUT2D eigenvalue weighted by Crippen LogP contribution is 2.05. The molecule has 88 valence electrons. The number of carbonyl (C=O) groups is 1.